The first-order valence-electron chi connectivity index (χ1n) is 18.9. The zero-order valence-corrected chi connectivity index (χ0v) is 31.1. The van der Waals surface area contributed by atoms with E-state index in [9.17, 15) is 29.5 Å². The van der Waals surface area contributed by atoms with Crippen LogP contribution in [0.15, 0.2) is 24.3 Å². The van der Waals surface area contributed by atoms with Gasteiger partial charge in [-0.05, 0) is 25.2 Å². The molecule has 0 bridgehead atoms. The largest absolute Gasteiger partial charge is 0.469 e. The Morgan fingerprint density at radius 3 is 1.94 bits per heavy atom. The van der Waals surface area contributed by atoms with Gasteiger partial charge in [-0.2, -0.15) is 0 Å². The number of phosphoric acid groups is 1. The molecule has 11 nitrogen and oxygen atoms in total. The maximum Gasteiger partial charge on any atom is 0.469 e. The molecule has 0 unspecified atom stereocenters. The lowest BCUT2D eigenvalue weighted by molar-refractivity contribution is -0.160. The van der Waals surface area contributed by atoms with Gasteiger partial charge < -0.3 is 34.6 Å². The fourth-order valence-electron chi connectivity index (χ4n) is 6.17. The number of hydrogen-bond acceptors (Lipinski definition) is 9. The van der Waals surface area contributed by atoms with Crippen molar-refractivity contribution in [3.8, 4) is 0 Å². The predicted molar refractivity (Wildman–Crippen MR) is 190 cm³/mol. The molecule has 286 valence electrons. The van der Waals surface area contributed by atoms with Crippen LogP contribution < -0.4 is 0 Å². The summed E-state index contributed by atoms with van der Waals surface area (Å²) < 4.78 is 26.2. The summed E-state index contributed by atoms with van der Waals surface area (Å²) in [6.07, 6.45) is 23.2. The quantitative estimate of drug-likeness (QED) is 0.0219. The standard InChI is InChI=1S/C37H67O11P/c1-3-5-7-8-9-10-11-12-13-14-15-16-18-23-36(41)46-28-31(29-47-49(43,44)45)48-37(42)24-20-19-22-32-33(35(40)27-34(32)39)26-25-30(38)21-17-6-4-2/h19-20,25-26,30-35,38-40H,3-18,21-24,27-29H2,1-2H3,(H2,43,44,45)/b20-19-,26-25+/t30-,31-,32+,33-,34+,35-/m1/s1. The van der Waals surface area contributed by atoms with Gasteiger partial charge in [-0.3, -0.25) is 14.1 Å². The number of phosphoric ester groups is 1. The van der Waals surface area contributed by atoms with Crippen molar-refractivity contribution in [2.45, 2.75) is 173 Å². The van der Waals surface area contributed by atoms with Crippen LogP contribution in [-0.2, 0) is 28.2 Å². The Bertz CT molecular complexity index is 966. The normalized spacial score (nSPS) is 21.0. The Morgan fingerprint density at radius 1 is 0.776 bits per heavy atom. The summed E-state index contributed by atoms with van der Waals surface area (Å²) in [4.78, 5) is 43.0. The van der Waals surface area contributed by atoms with Crippen LogP contribution in [0.25, 0.3) is 0 Å². The van der Waals surface area contributed by atoms with Crippen molar-refractivity contribution in [2.24, 2.45) is 11.8 Å². The summed E-state index contributed by atoms with van der Waals surface area (Å²) in [5, 5.41) is 31.1. The lowest BCUT2D eigenvalue weighted by Crippen LogP contribution is -2.29. The zero-order valence-electron chi connectivity index (χ0n) is 30.2. The Kier molecular flexibility index (Phi) is 26.0. The lowest BCUT2D eigenvalue weighted by atomic mass is 9.89. The van der Waals surface area contributed by atoms with Crippen molar-refractivity contribution < 1.29 is 53.3 Å². The maximum absolute atomic E-state index is 12.5. The maximum atomic E-state index is 12.5. The van der Waals surface area contributed by atoms with Gasteiger partial charge in [0.05, 0.1) is 31.3 Å². The average Bonchev–Trinajstić information content (AvgIpc) is 3.32. The van der Waals surface area contributed by atoms with Gasteiger partial charge in [0.25, 0.3) is 0 Å². The average molecular weight is 719 g/mol. The number of carbonyl (C=O) groups is 2. The molecule has 1 aliphatic carbocycles. The minimum Gasteiger partial charge on any atom is -0.462 e. The molecule has 49 heavy (non-hydrogen) atoms. The Hall–Kier alpha value is -1.59. The van der Waals surface area contributed by atoms with E-state index in [0.29, 0.717) is 19.3 Å². The Labute approximate surface area is 295 Å². The Morgan fingerprint density at radius 2 is 1.35 bits per heavy atom. The van der Waals surface area contributed by atoms with Crippen molar-refractivity contribution in [3.63, 3.8) is 0 Å². The van der Waals surface area contributed by atoms with Crippen LogP contribution in [0.4, 0.5) is 0 Å². The van der Waals surface area contributed by atoms with Crippen molar-refractivity contribution in [1.82, 2.24) is 0 Å². The SMILES string of the molecule is CCCCCCCCCCCCCCCC(=O)OC[C@H](COP(=O)(O)O)OC(=O)C/C=C\C[C@H]1[C@@H](/C=C/[C@H](O)CCCCC)[C@H](O)C[C@@H]1O. The first-order chi connectivity index (χ1) is 23.5. The van der Waals surface area contributed by atoms with Crippen LogP contribution in [-0.4, -0.2) is 74.7 Å². The third-order valence-corrected chi connectivity index (χ3v) is 9.56. The van der Waals surface area contributed by atoms with Gasteiger partial charge in [0.15, 0.2) is 6.10 Å². The summed E-state index contributed by atoms with van der Waals surface area (Å²) in [6.45, 7) is 3.29. The summed E-state index contributed by atoms with van der Waals surface area (Å²) in [5.41, 5.74) is 0. The number of hydrogen-bond donors (Lipinski definition) is 5. The molecule has 5 N–H and O–H groups in total. The molecular formula is C37H67O11P. The highest BCUT2D eigenvalue weighted by atomic mass is 31.2. The van der Waals surface area contributed by atoms with Gasteiger partial charge in [0.1, 0.15) is 6.61 Å². The number of unbranched alkanes of at least 4 members (excludes halogenated alkanes) is 14. The second-order valence-corrected chi connectivity index (χ2v) is 14.8. The molecule has 0 aromatic carbocycles. The van der Waals surface area contributed by atoms with E-state index in [1.165, 1.54) is 57.8 Å². The van der Waals surface area contributed by atoms with E-state index in [1.807, 2.05) is 0 Å². The van der Waals surface area contributed by atoms with Crippen LogP contribution in [0.1, 0.15) is 149 Å². The van der Waals surface area contributed by atoms with E-state index in [0.717, 1.165) is 38.5 Å². The minimum atomic E-state index is -4.84. The van der Waals surface area contributed by atoms with E-state index >= 15 is 0 Å². The van der Waals surface area contributed by atoms with Gasteiger partial charge in [0, 0.05) is 18.8 Å². The molecule has 1 fully saturated rings. The van der Waals surface area contributed by atoms with Gasteiger partial charge in [-0.15, -0.1) is 0 Å². The smallest absolute Gasteiger partial charge is 0.462 e. The number of esters is 2. The second kappa shape index (κ2) is 28.1. The molecule has 0 radical (unpaired) electrons. The molecule has 0 spiro atoms. The molecule has 0 aromatic heterocycles. The number of carbonyl (C=O) groups excluding carboxylic acids is 2. The van der Waals surface area contributed by atoms with E-state index in [2.05, 4.69) is 18.4 Å². The van der Waals surface area contributed by atoms with Crippen LogP contribution in [0, 0.1) is 11.8 Å². The molecular weight excluding hydrogens is 651 g/mol. The number of rotatable bonds is 30. The molecule has 6 atom stereocenters. The fraction of sp³-hybridized carbons (Fsp3) is 0.838. The number of aliphatic hydroxyl groups excluding tert-OH is 3. The predicted octanol–water partition coefficient (Wildman–Crippen LogP) is 7.22. The molecule has 0 aliphatic heterocycles. The van der Waals surface area contributed by atoms with E-state index in [1.54, 1.807) is 24.3 Å². The van der Waals surface area contributed by atoms with Crippen molar-refractivity contribution in [3.05, 3.63) is 24.3 Å². The summed E-state index contributed by atoms with van der Waals surface area (Å²) >= 11 is 0. The number of aliphatic hydroxyl groups is 3. The molecule has 0 saturated heterocycles. The highest BCUT2D eigenvalue weighted by molar-refractivity contribution is 7.46. The molecule has 1 saturated carbocycles. The highest BCUT2D eigenvalue weighted by Crippen LogP contribution is 2.37. The monoisotopic (exact) mass is 718 g/mol. The lowest BCUT2D eigenvalue weighted by Gasteiger charge is -2.20. The Balaban J connectivity index is 2.40. The first-order valence-corrected chi connectivity index (χ1v) is 20.4. The van der Waals surface area contributed by atoms with Gasteiger partial charge in [-0.25, -0.2) is 4.57 Å². The zero-order chi connectivity index (χ0) is 36.3. The van der Waals surface area contributed by atoms with Gasteiger partial charge in [-0.1, -0.05) is 134 Å². The van der Waals surface area contributed by atoms with Crippen LogP contribution in [0.2, 0.25) is 0 Å². The minimum absolute atomic E-state index is 0.165. The third kappa shape index (κ3) is 24.3. The fourth-order valence-corrected chi connectivity index (χ4v) is 6.53. The van der Waals surface area contributed by atoms with Crippen molar-refractivity contribution in [2.75, 3.05) is 13.2 Å². The topological polar surface area (TPSA) is 180 Å². The highest BCUT2D eigenvalue weighted by Gasteiger charge is 2.39. The molecule has 0 amide bonds. The third-order valence-electron chi connectivity index (χ3n) is 9.08. The van der Waals surface area contributed by atoms with Crippen LogP contribution >= 0.6 is 7.82 Å². The van der Waals surface area contributed by atoms with Gasteiger partial charge >= 0.3 is 19.8 Å². The summed E-state index contributed by atoms with van der Waals surface area (Å²) in [6, 6.07) is 0. The van der Waals surface area contributed by atoms with Crippen LogP contribution in [0.5, 0.6) is 0 Å². The summed E-state index contributed by atoms with van der Waals surface area (Å²) in [5.74, 6) is -1.81. The molecule has 12 heteroatoms. The molecule has 0 heterocycles. The molecule has 1 rings (SSSR count). The first kappa shape index (κ1) is 45.4. The number of allylic oxidation sites excluding steroid dienone is 1. The van der Waals surface area contributed by atoms with Crippen molar-refractivity contribution >= 4 is 19.8 Å². The number of ether oxygens (including phenoxy) is 2. The molecule has 1 aliphatic rings. The van der Waals surface area contributed by atoms with Crippen LogP contribution in [0.3, 0.4) is 0 Å². The van der Waals surface area contributed by atoms with E-state index in [-0.39, 0.29) is 31.1 Å². The van der Waals surface area contributed by atoms with E-state index < -0.39 is 57.4 Å². The van der Waals surface area contributed by atoms with E-state index in [4.69, 9.17) is 19.3 Å². The second-order valence-electron chi connectivity index (χ2n) is 13.5. The van der Waals surface area contributed by atoms with Crippen molar-refractivity contribution in [1.29, 1.82) is 0 Å². The molecule has 0 aromatic rings. The van der Waals surface area contributed by atoms with Gasteiger partial charge in [0.2, 0.25) is 0 Å². The summed E-state index contributed by atoms with van der Waals surface area (Å²) in [7, 11) is -4.84.